The third kappa shape index (κ3) is 3.05. The fraction of sp³-hybridized carbons (Fsp3) is 0.500. The summed E-state index contributed by atoms with van der Waals surface area (Å²) in [7, 11) is 3.30. The number of rotatable bonds is 6. The molecule has 0 saturated carbocycles. The van der Waals surface area contributed by atoms with Gasteiger partial charge in [-0.1, -0.05) is 12.1 Å². The van der Waals surface area contributed by atoms with E-state index in [1.54, 1.807) is 14.2 Å². The smallest absolute Gasteiger partial charge is 0.303 e. The molecule has 5 heteroatoms. The van der Waals surface area contributed by atoms with E-state index in [1.165, 1.54) is 0 Å². The van der Waals surface area contributed by atoms with Crippen molar-refractivity contribution in [1.82, 2.24) is 0 Å². The van der Waals surface area contributed by atoms with Gasteiger partial charge in [0.15, 0.2) is 0 Å². The van der Waals surface area contributed by atoms with Crippen LogP contribution in [0.15, 0.2) is 24.3 Å². The monoisotopic (exact) mass is 265 g/mol. The zero-order valence-electron chi connectivity index (χ0n) is 11.3. The molecule has 1 aromatic rings. The fourth-order valence-electron chi connectivity index (χ4n) is 2.18. The lowest BCUT2D eigenvalue weighted by Crippen LogP contribution is -2.64. The van der Waals surface area contributed by atoms with Crippen LogP contribution in [0.4, 0.5) is 5.69 Å². The summed E-state index contributed by atoms with van der Waals surface area (Å²) >= 11 is 0. The molecule has 5 nitrogen and oxygen atoms in total. The predicted molar refractivity (Wildman–Crippen MR) is 71.4 cm³/mol. The lowest BCUT2D eigenvalue weighted by Gasteiger charge is -2.48. The summed E-state index contributed by atoms with van der Waals surface area (Å²) in [6.07, 6.45) is 0.731. The van der Waals surface area contributed by atoms with Gasteiger partial charge in [0.2, 0.25) is 5.79 Å². The third-order valence-corrected chi connectivity index (χ3v) is 3.54. The molecule has 0 atom stereocenters. The topological polar surface area (TPSA) is 59.0 Å². The molecule has 0 unspecified atom stereocenters. The van der Waals surface area contributed by atoms with Crippen LogP contribution in [0.25, 0.3) is 0 Å². The number of hydrogen-bond acceptors (Lipinski definition) is 4. The van der Waals surface area contributed by atoms with Crippen LogP contribution in [0.5, 0.6) is 0 Å². The SMILES string of the molecule is COC1(OC)CN(c2ccc(CCC(=O)O)cc2)C1. The van der Waals surface area contributed by atoms with Gasteiger partial charge in [-0.25, -0.2) is 0 Å². The highest BCUT2D eigenvalue weighted by Gasteiger charge is 2.43. The first-order valence-corrected chi connectivity index (χ1v) is 6.24. The van der Waals surface area contributed by atoms with E-state index in [4.69, 9.17) is 14.6 Å². The average Bonchev–Trinajstić information content (AvgIpc) is 2.37. The van der Waals surface area contributed by atoms with Crippen molar-refractivity contribution in [2.24, 2.45) is 0 Å². The molecule has 1 aliphatic rings. The number of carbonyl (C=O) groups is 1. The quantitative estimate of drug-likeness (QED) is 0.790. The van der Waals surface area contributed by atoms with E-state index in [2.05, 4.69) is 4.90 Å². The van der Waals surface area contributed by atoms with Crippen LogP contribution >= 0.6 is 0 Å². The van der Waals surface area contributed by atoms with Gasteiger partial charge in [-0.2, -0.15) is 0 Å². The van der Waals surface area contributed by atoms with Crippen molar-refractivity contribution in [3.8, 4) is 0 Å². The molecule has 0 aromatic heterocycles. The molecule has 0 aliphatic carbocycles. The molecule has 104 valence electrons. The minimum atomic E-state index is -0.767. The highest BCUT2D eigenvalue weighted by atomic mass is 16.7. The zero-order valence-corrected chi connectivity index (χ0v) is 11.3. The van der Waals surface area contributed by atoms with Crippen molar-refractivity contribution in [2.75, 3.05) is 32.2 Å². The van der Waals surface area contributed by atoms with Crippen molar-refractivity contribution in [2.45, 2.75) is 18.6 Å². The molecular formula is C14H19NO4. The van der Waals surface area contributed by atoms with Crippen LogP contribution in [-0.2, 0) is 20.7 Å². The summed E-state index contributed by atoms with van der Waals surface area (Å²) in [6, 6.07) is 7.95. The molecule has 1 N–H and O–H groups in total. The van der Waals surface area contributed by atoms with Gasteiger partial charge in [0.1, 0.15) is 0 Å². The van der Waals surface area contributed by atoms with Gasteiger partial charge in [0.25, 0.3) is 0 Å². The molecule has 1 aliphatic heterocycles. The summed E-state index contributed by atoms with van der Waals surface area (Å²) in [5.41, 5.74) is 2.14. The lowest BCUT2D eigenvalue weighted by molar-refractivity contribution is -0.219. The van der Waals surface area contributed by atoms with Crippen molar-refractivity contribution in [1.29, 1.82) is 0 Å². The number of carboxylic acids is 1. The fourth-order valence-corrected chi connectivity index (χ4v) is 2.18. The number of methoxy groups -OCH3 is 2. The molecule has 0 bridgehead atoms. The van der Waals surface area contributed by atoms with Crippen molar-refractivity contribution >= 4 is 11.7 Å². The Morgan fingerprint density at radius 2 is 1.84 bits per heavy atom. The van der Waals surface area contributed by atoms with Crippen LogP contribution in [0.1, 0.15) is 12.0 Å². The molecule has 1 heterocycles. The molecule has 1 fully saturated rings. The minimum Gasteiger partial charge on any atom is -0.481 e. The molecule has 0 amide bonds. The van der Waals surface area contributed by atoms with Crippen LogP contribution in [-0.4, -0.2) is 44.2 Å². The maximum Gasteiger partial charge on any atom is 0.303 e. The Bertz CT molecular complexity index is 431. The second kappa shape index (κ2) is 5.59. The molecule has 1 saturated heterocycles. The predicted octanol–water partition coefficient (Wildman–Crippen LogP) is 1.51. The van der Waals surface area contributed by atoms with E-state index in [-0.39, 0.29) is 6.42 Å². The van der Waals surface area contributed by atoms with Crippen molar-refractivity contribution in [3.05, 3.63) is 29.8 Å². The average molecular weight is 265 g/mol. The number of anilines is 1. The van der Waals surface area contributed by atoms with Crippen molar-refractivity contribution < 1.29 is 19.4 Å². The van der Waals surface area contributed by atoms with Crippen LogP contribution in [0, 0.1) is 0 Å². The molecule has 0 spiro atoms. The highest BCUT2D eigenvalue weighted by Crippen LogP contribution is 2.30. The standard InChI is InChI=1S/C14H19NO4/c1-18-14(19-2)9-15(10-14)12-6-3-11(4-7-12)5-8-13(16)17/h3-4,6-7H,5,8-10H2,1-2H3,(H,16,17). The first-order chi connectivity index (χ1) is 9.08. The third-order valence-electron chi connectivity index (χ3n) is 3.54. The number of benzene rings is 1. The van der Waals surface area contributed by atoms with Gasteiger partial charge >= 0.3 is 5.97 Å². The second-order valence-corrected chi connectivity index (χ2v) is 4.74. The zero-order chi connectivity index (χ0) is 13.9. The van der Waals surface area contributed by atoms with E-state index < -0.39 is 11.8 Å². The van der Waals surface area contributed by atoms with E-state index in [9.17, 15) is 4.79 Å². The summed E-state index contributed by atoms with van der Waals surface area (Å²) < 4.78 is 10.7. The van der Waals surface area contributed by atoms with Gasteiger partial charge in [0, 0.05) is 26.3 Å². The van der Waals surface area contributed by atoms with Gasteiger partial charge < -0.3 is 19.5 Å². The molecule has 19 heavy (non-hydrogen) atoms. The van der Waals surface area contributed by atoms with Gasteiger partial charge in [-0.3, -0.25) is 4.79 Å². The second-order valence-electron chi connectivity index (χ2n) is 4.74. The minimum absolute atomic E-state index is 0.166. The van der Waals surface area contributed by atoms with Gasteiger partial charge in [0.05, 0.1) is 13.1 Å². The Kier molecular flexibility index (Phi) is 4.07. The summed E-state index contributed by atoms with van der Waals surface area (Å²) in [6.45, 7) is 1.41. The van der Waals surface area contributed by atoms with E-state index in [1.807, 2.05) is 24.3 Å². The Hall–Kier alpha value is -1.59. The Morgan fingerprint density at radius 1 is 1.26 bits per heavy atom. The largest absolute Gasteiger partial charge is 0.481 e. The Labute approximate surface area is 112 Å². The highest BCUT2D eigenvalue weighted by molar-refractivity contribution is 5.67. The summed E-state index contributed by atoms with van der Waals surface area (Å²) in [5.74, 6) is -1.25. The Morgan fingerprint density at radius 3 is 2.32 bits per heavy atom. The number of nitrogens with zero attached hydrogens (tertiary/aromatic N) is 1. The van der Waals surface area contributed by atoms with Crippen LogP contribution in [0.2, 0.25) is 0 Å². The first kappa shape index (κ1) is 13.8. The van der Waals surface area contributed by atoms with E-state index >= 15 is 0 Å². The number of ether oxygens (including phenoxy) is 2. The molecular weight excluding hydrogens is 246 g/mol. The van der Waals surface area contributed by atoms with Crippen LogP contribution < -0.4 is 4.90 Å². The molecule has 1 aromatic carbocycles. The number of aliphatic carboxylic acids is 1. The van der Waals surface area contributed by atoms with E-state index in [0.29, 0.717) is 19.5 Å². The van der Waals surface area contributed by atoms with E-state index in [0.717, 1.165) is 11.3 Å². The summed E-state index contributed by atoms with van der Waals surface area (Å²) in [5, 5.41) is 8.64. The number of carboxylic acid groups (broad SMARTS) is 1. The molecule has 0 radical (unpaired) electrons. The van der Waals surface area contributed by atoms with Gasteiger partial charge in [-0.15, -0.1) is 0 Å². The van der Waals surface area contributed by atoms with Gasteiger partial charge in [-0.05, 0) is 24.1 Å². The number of hydrogen-bond donors (Lipinski definition) is 1. The number of aryl methyl sites for hydroxylation is 1. The maximum atomic E-state index is 10.5. The summed E-state index contributed by atoms with van der Waals surface area (Å²) in [4.78, 5) is 12.7. The maximum absolute atomic E-state index is 10.5. The Balaban J connectivity index is 1.91. The molecule has 2 rings (SSSR count). The van der Waals surface area contributed by atoms with Crippen molar-refractivity contribution in [3.63, 3.8) is 0 Å². The first-order valence-electron chi connectivity index (χ1n) is 6.24. The normalized spacial score (nSPS) is 17.1. The van der Waals surface area contributed by atoms with Crippen LogP contribution in [0.3, 0.4) is 0 Å². The lowest BCUT2D eigenvalue weighted by atomic mass is 10.0.